The highest BCUT2D eigenvalue weighted by Crippen LogP contribution is 2.34. The van der Waals surface area contributed by atoms with Crippen molar-refractivity contribution in [3.05, 3.63) is 80.4 Å². The fourth-order valence-corrected chi connectivity index (χ4v) is 4.55. The van der Waals surface area contributed by atoms with Crippen LogP contribution in [-0.2, 0) is 12.7 Å². The molecule has 4 rings (SSSR count). The summed E-state index contributed by atoms with van der Waals surface area (Å²) < 4.78 is 52.9. The standard InChI is InChI=1S/C22H21F4N5OS/c1-29(2)18-12-30(10-9-17(18)14-3-5-15(23)6-4-14)20-27-13-31(21(32)28-20)11-16-7-8-19(33-16)22(24,25)26/h3-9,13,18H,10-12H2,1-2H3. The lowest BCUT2D eigenvalue weighted by Gasteiger charge is -2.36. The van der Waals surface area contributed by atoms with Crippen LogP contribution in [0.5, 0.6) is 0 Å². The third kappa shape index (κ3) is 5.14. The van der Waals surface area contributed by atoms with Crippen molar-refractivity contribution in [2.75, 3.05) is 32.1 Å². The van der Waals surface area contributed by atoms with E-state index in [0.717, 1.165) is 17.2 Å². The van der Waals surface area contributed by atoms with E-state index >= 15 is 0 Å². The highest BCUT2D eigenvalue weighted by atomic mass is 32.1. The molecule has 0 saturated carbocycles. The SMILES string of the molecule is CN(C)C1CN(c2ncn(Cc3ccc(C(F)(F)F)s3)c(=O)n2)CC=C1c1ccc(F)cc1. The molecule has 11 heteroatoms. The minimum absolute atomic E-state index is 0.0329. The first-order chi connectivity index (χ1) is 15.6. The van der Waals surface area contributed by atoms with E-state index in [9.17, 15) is 22.4 Å². The van der Waals surface area contributed by atoms with Crippen LogP contribution in [0.3, 0.4) is 0 Å². The maximum absolute atomic E-state index is 13.3. The van der Waals surface area contributed by atoms with E-state index in [1.807, 2.05) is 30.0 Å². The Hall–Kier alpha value is -3.05. The minimum Gasteiger partial charge on any atom is -0.335 e. The number of rotatable bonds is 5. The fraction of sp³-hybridized carbons (Fsp3) is 0.318. The van der Waals surface area contributed by atoms with E-state index in [0.29, 0.717) is 29.3 Å². The van der Waals surface area contributed by atoms with Gasteiger partial charge in [0.15, 0.2) is 0 Å². The predicted octanol–water partition coefficient (Wildman–Crippen LogP) is 3.74. The van der Waals surface area contributed by atoms with Crippen molar-refractivity contribution in [3.8, 4) is 0 Å². The Labute approximate surface area is 191 Å². The van der Waals surface area contributed by atoms with Crippen LogP contribution in [0.1, 0.15) is 15.3 Å². The number of aromatic nitrogens is 3. The van der Waals surface area contributed by atoms with E-state index < -0.39 is 16.7 Å². The molecule has 1 aliphatic heterocycles. The molecule has 0 spiro atoms. The maximum atomic E-state index is 13.3. The molecule has 0 fully saturated rings. The Morgan fingerprint density at radius 2 is 1.88 bits per heavy atom. The summed E-state index contributed by atoms with van der Waals surface area (Å²) in [5.41, 5.74) is 1.37. The first kappa shape index (κ1) is 23.1. The molecule has 0 bridgehead atoms. The molecule has 0 amide bonds. The highest BCUT2D eigenvalue weighted by Gasteiger charge is 2.32. The van der Waals surface area contributed by atoms with E-state index in [1.54, 1.807) is 12.1 Å². The van der Waals surface area contributed by atoms with Gasteiger partial charge in [0.05, 0.1) is 12.6 Å². The normalized spacial score (nSPS) is 16.9. The molecule has 0 N–H and O–H groups in total. The molecule has 3 aromatic rings. The second-order valence-corrected chi connectivity index (χ2v) is 9.05. The molecule has 0 aliphatic carbocycles. The van der Waals surface area contributed by atoms with Gasteiger partial charge in [0.1, 0.15) is 17.0 Å². The summed E-state index contributed by atoms with van der Waals surface area (Å²) in [6.45, 7) is 0.939. The van der Waals surface area contributed by atoms with Crippen LogP contribution in [0, 0.1) is 5.82 Å². The molecule has 1 atom stereocenters. The number of benzene rings is 1. The third-order valence-electron chi connectivity index (χ3n) is 5.39. The number of halogens is 4. The highest BCUT2D eigenvalue weighted by molar-refractivity contribution is 7.12. The summed E-state index contributed by atoms with van der Waals surface area (Å²) in [6.07, 6.45) is -1.10. The first-order valence-corrected chi connectivity index (χ1v) is 10.9. The lowest BCUT2D eigenvalue weighted by Crippen LogP contribution is -2.46. The van der Waals surface area contributed by atoms with Crippen molar-refractivity contribution in [1.82, 2.24) is 19.4 Å². The van der Waals surface area contributed by atoms with Gasteiger partial charge in [-0.25, -0.2) is 14.2 Å². The Bertz CT molecular complexity index is 1220. The summed E-state index contributed by atoms with van der Waals surface area (Å²) in [5, 5.41) is 0. The van der Waals surface area contributed by atoms with Crippen molar-refractivity contribution < 1.29 is 17.6 Å². The number of nitrogens with zero attached hydrogens (tertiary/aromatic N) is 5. The van der Waals surface area contributed by atoms with Crippen LogP contribution >= 0.6 is 11.3 Å². The number of likely N-dealkylation sites (N-methyl/N-ethyl adjacent to an activating group) is 1. The summed E-state index contributed by atoms with van der Waals surface area (Å²) >= 11 is 0.591. The van der Waals surface area contributed by atoms with E-state index in [4.69, 9.17) is 0 Å². The Morgan fingerprint density at radius 1 is 1.15 bits per heavy atom. The number of anilines is 1. The van der Waals surface area contributed by atoms with Gasteiger partial charge in [-0.05, 0) is 49.5 Å². The number of thiophene rings is 1. The van der Waals surface area contributed by atoms with E-state index in [2.05, 4.69) is 9.97 Å². The van der Waals surface area contributed by atoms with Crippen molar-refractivity contribution in [3.63, 3.8) is 0 Å². The zero-order valence-corrected chi connectivity index (χ0v) is 18.7. The van der Waals surface area contributed by atoms with Crippen molar-refractivity contribution in [2.45, 2.75) is 18.8 Å². The molecule has 1 aliphatic rings. The number of alkyl halides is 3. The smallest absolute Gasteiger partial charge is 0.335 e. The summed E-state index contributed by atoms with van der Waals surface area (Å²) in [4.78, 5) is 24.4. The fourth-order valence-electron chi connectivity index (χ4n) is 3.68. The topological polar surface area (TPSA) is 54.3 Å². The molecular formula is C22H21F4N5OS. The summed E-state index contributed by atoms with van der Waals surface area (Å²) in [6, 6.07) is 8.62. The number of hydrogen-bond acceptors (Lipinski definition) is 6. The zero-order valence-electron chi connectivity index (χ0n) is 17.9. The van der Waals surface area contributed by atoms with E-state index in [-0.39, 0.29) is 24.4 Å². The van der Waals surface area contributed by atoms with Gasteiger partial charge < -0.3 is 9.80 Å². The summed E-state index contributed by atoms with van der Waals surface area (Å²) in [5.74, 6) is -0.0519. The van der Waals surface area contributed by atoms with Gasteiger partial charge in [-0.3, -0.25) is 4.57 Å². The maximum Gasteiger partial charge on any atom is 0.425 e. The van der Waals surface area contributed by atoms with Crippen molar-refractivity contribution >= 4 is 22.9 Å². The van der Waals surface area contributed by atoms with Gasteiger partial charge in [-0.2, -0.15) is 18.2 Å². The molecule has 0 radical (unpaired) electrons. The van der Waals surface area contributed by atoms with Gasteiger partial charge in [0, 0.05) is 18.0 Å². The van der Waals surface area contributed by atoms with Crippen LogP contribution in [0.25, 0.3) is 5.57 Å². The average molecular weight is 480 g/mol. The van der Waals surface area contributed by atoms with Crippen LogP contribution in [0.2, 0.25) is 0 Å². The summed E-state index contributed by atoms with van der Waals surface area (Å²) in [7, 11) is 3.86. The second kappa shape index (κ2) is 9.06. The van der Waals surface area contributed by atoms with Gasteiger partial charge in [-0.15, -0.1) is 11.3 Å². The molecule has 6 nitrogen and oxygen atoms in total. The molecule has 1 unspecified atom stereocenters. The third-order valence-corrected chi connectivity index (χ3v) is 6.50. The molecule has 0 saturated heterocycles. The minimum atomic E-state index is -4.41. The van der Waals surface area contributed by atoms with Gasteiger partial charge >= 0.3 is 11.9 Å². The van der Waals surface area contributed by atoms with Crippen LogP contribution in [-0.4, -0.2) is 52.7 Å². The second-order valence-electron chi connectivity index (χ2n) is 7.88. The average Bonchev–Trinajstić information content (AvgIpc) is 3.24. The molecule has 174 valence electrons. The van der Waals surface area contributed by atoms with Gasteiger partial charge in [0.2, 0.25) is 5.95 Å². The molecule has 33 heavy (non-hydrogen) atoms. The Kier molecular flexibility index (Phi) is 6.35. The van der Waals surface area contributed by atoms with Gasteiger partial charge in [-0.1, -0.05) is 18.2 Å². The molecule has 1 aromatic carbocycles. The lowest BCUT2D eigenvalue weighted by molar-refractivity contribution is -0.134. The van der Waals surface area contributed by atoms with Crippen LogP contribution in [0.4, 0.5) is 23.5 Å². The monoisotopic (exact) mass is 479 g/mol. The predicted molar refractivity (Wildman–Crippen MR) is 119 cm³/mol. The van der Waals surface area contributed by atoms with Crippen molar-refractivity contribution in [2.24, 2.45) is 0 Å². The first-order valence-electron chi connectivity index (χ1n) is 10.1. The quantitative estimate of drug-likeness (QED) is 0.522. The largest absolute Gasteiger partial charge is 0.425 e. The Morgan fingerprint density at radius 3 is 2.48 bits per heavy atom. The molecule has 3 heterocycles. The zero-order chi connectivity index (χ0) is 23.8. The van der Waals surface area contributed by atoms with Crippen LogP contribution in [0.15, 0.2) is 53.6 Å². The number of hydrogen-bond donors (Lipinski definition) is 0. The van der Waals surface area contributed by atoms with Crippen molar-refractivity contribution in [1.29, 1.82) is 0 Å². The van der Waals surface area contributed by atoms with E-state index in [1.165, 1.54) is 29.1 Å². The lowest BCUT2D eigenvalue weighted by atomic mass is 9.94. The Balaban J connectivity index is 1.53. The molecular weight excluding hydrogens is 458 g/mol. The van der Waals surface area contributed by atoms with Crippen LogP contribution < -0.4 is 10.6 Å². The van der Waals surface area contributed by atoms with Gasteiger partial charge in [0.25, 0.3) is 0 Å². The molecule has 2 aromatic heterocycles.